The normalized spacial score (nSPS) is 26.3. The fourth-order valence-corrected chi connectivity index (χ4v) is 2.25. The van der Waals surface area contributed by atoms with Crippen LogP contribution in [-0.4, -0.2) is 28.4 Å². The first kappa shape index (κ1) is 10.2. The van der Waals surface area contributed by atoms with Gasteiger partial charge in [0.05, 0.1) is 6.04 Å². The number of rotatable bonds is 3. The minimum atomic E-state index is -0.0808. The SMILES string of the molecule is CCCN1C(=O)C[C@H](N)[C@H]1c1ccc[nH]1. The fourth-order valence-electron chi connectivity index (χ4n) is 2.25. The monoisotopic (exact) mass is 207 g/mol. The second-order valence-corrected chi connectivity index (χ2v) is 4.03. The predicted molar refractivity (Wildman–Crippen MR) is 58.1 cm³/mol. The summed E-state index contributed by atoms with van der Waals surface area (Å²) in [5, 5.41) is 0. The average Bonchev–Trinajstić information content (AvgIpc) is 2.77. The van der Waals surface area contributed by atoms with Gasteiger partial charge in [-0.2, -0.15) is 0 Å². The summed E-state index contributed by atoms with van der Waals surface area (Å²) in [4.78, 5) is 16.7. The molecule has 4 heteroatoms. The van der Waals surface area contributed by atoms with Crippen molar-refractivity contribution in [3.63, 3.8) is 0 Å². The van der Waals surface area contributed by atoms with E-state index in [2.05, 4.69) is 11.9 Å². The number of H-pyrrole nitrogens is 1. The second kappa shape index (κ2) is 4.06. The van der Waals surface area contributed by atoms with Gasteiger partial charge in [-0.15, -0.1) is 0 Å². The van der Waals surface area contributed by atoms with E-state index in [1.807, 2.05) is 23.2 Å². The Balaban J connectivity index is 2.23. The molecular formula is C11H17N3O. The molecule has 1 aliphatic heterocycles. The first-order valence-electron chi connectivity index (χ1n) is 5.42. The quantitative estimate of drug-likeness (QED) is 0.777. The van der Waals surface area contributed by atoms with Crippen LogP contribution in [0, 0.1) is 0 Å². The second-order valence-electron chi connectivity index (χ2n) is 4.03. The van der Waals surface area contributed by atoms with Crippen LogP contribution in [0.3, 0.4) is 0 Å². The molecule has 4 nitrogen and oxygen atoms in total. The van der Waals surface area contributed by atoms with E-state index in [1.165, 1.54) is 0 Å². The molecule has 2 rings (SSSR count). The number of nitrogens with two attached hydrogens (primary N) is 1. The van der Waals surface area contributed by atoms with Gasteiger partial charge in [0.1, 0.15) is 0 Å². The van der Waals surface area contributed by atoms with Crippen LogP contribution in [0.4, 0.5) is 0 Å². The third-order valence-electron chi connectivity index (χ3n) is 2.88. The lowest BCUT2D eigenvalue weighted by molar-refractivity contribution is -0.129. The van der Waals surface area contributed by atoms with Crippen LogP contribution in [0.1, 0.15) is 31.5 Å². The number of amides is 1. The van der Waals surface area contributed by atoms with E-state index in [4.69, 9.17) is 5.73 Å². The van der Waals surface area contributed by atoms with Gasteiger partial charge in [-0.05, 0) is 18.6 Å². The van der Waals surface area contributed by atoms with E-state index in [0.717, 1.165) is 18.7 Å². The van der Waals surface area contributed by atoms with Crippen molar-refractivity contribution in [1.29, 1.82) is 0 Å². The van der Waals surface area contributed by atoms with Crippen LogP contribution < -0.4 is 5.73 Å². The molecule has 1 amide bonds. The van der Waals surface area contributed by atoms with Crippen LogP contribution in [0.25, 0.3) is 0 Å². The van der Waals surface area contributed by atoms with Crippen LogP contribution in [0.5, 0.6) is 0 Å². The molecule has 0 aromatic carbocycles. The number of hydrogen-bond donors (Lipinski definition) is 2. The van der Waals surface area contributed by atoms with Crippen molar-refractivity contribution in [2.24, 2.45) is 5.73 Å². The molecule has 1 saturated heterocycles. The first-order valence-corrected chi connectivity index (χ1v) is 5.42. The Morgan fingerprint density at radius 3 is 3.07 bits per heavy atom. The highest BCUT2D eigenvalue weighted by molar-refractivity contribution is 5.80. The summed E-state index contributed by atoms with van der Waals surface area (Å²) in [6, 6.07) is 3.89. The number of aromatic nitrogens is 1. The standard InChI is InChI=1S/C11H17N3O/c1-2-6-14-10(15)7-8(12)11(14)9-4-3-5-13-9/h3-5,8,11,13H,2,6-7,12H2,1H3/t8-,11-/m0/s1. The smallest absolute Gasteiger partial charge is 0.224 e. The Morgan fingerprint density at radius 1 is 1.67 bits per heavy atom. The third kappa shape index (κ3) is 1.77. The summed E-state index contributed by atoms with van der Waals surface area (Å²) in [7, 11) is 0. The van der Waals surface area contributed by atoms with Crippen molar-refractivity contribution < 1.29 is 4.79 Å². The van der Waals surface area contributed by atoms with Crippen molar-refractivity contribution in [2.75, 3.05) is 6.54 Å². The Labute approximate surface area is 89.5 Å². The van der Waals surface area contributed by atoms with E-state index in [0.29, 0.717) is 6.42 Å². The van der Waals surface area contributed by atoms with Gasteiger partial charge in [0.25, 0.3) is 0 Å². The summed E-state index contributed by atoms with van der Waals surface area (Å²) < 4.78 is 0. The Bertz CT molecular complexity index is 334. The lowest BCUT2D eigenvalue weighted by atomic mass is 10.1. The molecule has 0 radical (unpaired) electrons. The number of carbonyl (C=O) groups is 1. The van der Waals surface area contributed by atoms with Crippen molar-refractivity contribution in [3.05, 3.63) is 24.0 Å². The highest BCUT2D eigenvalue weighted by Crippen LogP contribution is 2.30. The highest BCUT2D eigenvalue weighted by Gasteiger charge is 2.38. The molecule has 1 aliphatic rings. The van der Waals surface area contributed by atoms with Crippen molar-refractivity contribution in [3.8, 4) is 0 Å². The number of nitrogens with zero attached hydrogens (tertiary/aromatic N) is 1. The van der Waals surface area contributed by atoms with Gasteiger partial charge in [-0.25, -0.2) is 0 Å². The lowest BCUT2D eigenvalue weighted by Gasteiger charge is -2.25. The number of hydrogen-bond acceptors (Lipinski definition) is 2. The summed E-state index contributed by atoms with van der Waals surface area (Å²) in [5.74, 6) is 0.170. The van der Waals surface area contributed by atoms with Gasteiger partial charge in [0.2, 0.25) is 5.91 Å². The minimum Gasteiger partial charge on any atom is -0.363 e. The van der Waals surface area contributed by atoms with E-state index >= 15 is 0 Å². The average molecular weight is 207 g/mol. The maximum absolute atomic E-state index is 11.7. The topological polar surface area (TPSA) is 62.1 Å². The maximum atomic E-state index is 11.7. The molecule has 82 valence electrons. The summed E-state index contributed by atoms with van der Waals surface area (Å²) >= 11 is 0. The zero-order chi connectivity index (χ0) is 10.8. The molecular weight excluding hydrogens is 190 g/mol. The zero-order valence-electron chi connectivity index (χ0n) is 8.94. The molecule has 2 atom stereocenters. The molecule has 3 N–H and O–H groups in total. The van der Waals surface area contributed by atoms with Crippen molar-refractivity contribution >= 4 is 5.91 Å². The van der Waals surface area contributed by atoms with Crippen LogP contribution in [0.2, 0.25) is 0 Å². The number of aromatic amines is 1. The van der Waals surface area contributed by atoms with Crippen LogP contribution >= 0.6 is 0 Å². The van der Waals surface area contributed by atoms with Gasteiger partial charge in [0, 0.05) is 30.9 Å². The number of likely N-dealkylation sites (tertiary alicyclic amines) is 1. The van der Waals surface area contributed by atoms with Gasteiger partial charge < -0.3 is 15.6 Å². The molecule has 0 spiro atoms. The molecule has 1 fully saturated rings. The van der Waals surface area contributed by atoms with Crippen LogP contribution in [0.15, 0.2) is 18.3 Å². The van der Waals surface area contributed by atoms with Crippen molar-refractivity contribution in [1.82, 2.24) is 9.88 Å². The van der Waals surface area contributed by atoms with Crippen LogP contribution in [-0.2, 0) is 4.79 Å². The Hall–Kier alpha value is -1.29. The summed E-state index contributed by atoms with van der Waals surface area (Å²) in [6.07, 6.45) is 3.30. The van der Waals surface area contributed by atoms with E-state index in [9.17, 15) is 4.79 Å². The summed E-state index contributed by atoms with van der Waals surface area (Å²) in [5.41, 5.74) is 7.04. The van der Waals surface area contributed by atoms with Gasteiger partial charge in [-0.3, -0.25) is 4.79 Å². The largest absolute Gasteiger partial charge is 0.363 e. The fraction of sp³-hybridized carbons (Fsp3) is 0.545. The molecule has 1 aromatic rings. The lowest BCUT2D eigenvalue weighted by Crippen LogP contribution is -2.33. The maximum Gasteiger partial charge on any atom is 0.224 e. The highest BCUT2D eigenvalue weighted by atomic mass is 16.2. The number of nitrogens with one attached hydrogen (secondary N) is 1. The first-order chi connectivity index (χ1) is 7.24. The minimum absolute atomic E-state index is 0.0347. The van der Waals surface area contributed by atoms with E-state index in [1.54, 1.807) is 0 Å². The van der Waals surface area contributed by atoms with Gasteiger partial charge >= 0.3 is 0 Å². The molecule has 0 bridgehead atoms. The molecule has 0 unspecified atom stereocenters. The van der Waals surface area contributed by atoms with Gasteiger partial charge in [0.15, 0.2) is 0 Å². The Kier molecular flexibility index (Phi) is 2.77. The summed E-state index contributed by atoms with van der Waals surface area (Å²) in [6.45, 7) is 2.86. The zero-order valence-corrected chi connectivity index (χ0v) is 8.94. The van der Waals surface area contributed by atoms with E-state index < -0.39 is 0 Å². The molecule has 15 heavy (non-hydrogen) atoms. The molecule has 0 saturated carbocycles. The number of carbonyl (C=O) groups excluding carboxylic acids is 1. The predicted octanol–water partition coefficient (Wildman–Crippen LogP) is 1.03. The molecule has 0 aliphatic carbocycles. The third-order valence-corrected chi connectivity index (χ3v) is 2.88. The molecule has 1 aromatic heterocycles. The van der Waals surface area contributed by atoms with E-state index in [-0.39, 0.29) is 18.0 Å². The molecule has 2 heterocycles. The van der Waals surface area contributed by atoms with Gasteiger partial charge in [-0.1, -0.05) is 6.92 Å². The van der Waals surface area contributed by atoms with Crippen molar-refractivity contribution in [2.45, 2.75) is 31.8 Å². The Morgan fingerprint density at radius 2 is 2.47 bits per heavy atom.